The van der Waals surface area contributed by atoms with Crippen molar-refractivity contribution in [2.75, 3.05) is 0 Å². The van der Waals surface area contributed by atoms with Crippen LogP contribution in [0, 0.1) is 5.53 Å². The molecular formula is C15H13ClN6O3S. The first-order chi connectivity index (χ1) is 12.2. The molecule has 3 rings (SSSR count). The summed E-state index contributed by atoms with van der Waals surface area (Å²) < 4.78 is 24.0. The van der Waals surface area contributed by atoms with Gasteiger partial charge in [-0.05, 0) is 34.9 Å². The summed E-state index contributed by atoms with van der Waals surface area (Å²) in [6.45, 7) is 0.417. The number of amides is 1. The molecule has 0 fully saturated rings. The molecule has 1 aliphatic heterocycles. The molecule has 0 radical (unpaired) electrons. The second kappa shape index (κ2) is 6.48. The van der Waals surface area contributed by atoms with Crippen LogP contribution in [0.25, 0.3) is 11.1 Å². The number of hydrogen-bond donors (Lipinski definition) is 4. The van der Waals surface area contributed by atoms with Gasteiger partial charge >= 0.3 is 0 Å². The first-order valence-electron chi connectivity index (χ1n) is 7.20. The highest BCUT2D eigenvalue weighted by Crippen LogP contribution is 2.33. The van der Waals surface area contributed by atoms with Crippen LogP contribution in [0.2, 0.25) is 5.02 Å². The van der Waals surface area contributed by atoms with Crippen molar-refractivity contribution in [3.63, 3.8) is 0 Å². The summed E-state index contributed by atoms with van der Waals surface area (Å²) in [7, 11) is -4.20. The van der Waals surface area contributed by atoms with Gasteiger partial charge in [-0.25, -0.2) is 13.6 Å². The van der Waals surface area contributed by atoms with E-state index in [1.165, 1.54) is 6.07 Å². The van der Waals surface area contributed by atoms with Gasteiger partial charge in [0.2, 0.25) is 10.0 Å². The Morgan fingerprint density at radius 2 is 1.96 bits per heavy atom. The van der Waals surface area contributed by atoms with Crippen molar-refractivity contribution in [3.05, 3.63) is 52.0 Å². The standard InChI is InChI=1S/C15H13ClN6O3S/c16-9-4-10(7-1-2-8-6-20-15(23)11(8)3-7)13(14(17)21-22-18)12(5-9)26(19,24)25/h1-5H,6H2,(H,20,23)(H3,17,18,21)(H2,19,24,25). The summed E-state index contributed by atoms with van der Waals surface area (Å²) in [6, 6.07) is 7.66. The molecule has 9 nitrogen and oxygen atoms in total. The maximum atomic E-state index is 12.0. The smallest absolute Gasteiger partial charge is 0.251 e. The van der Waals surface area contributed by atoms with Gasteiger partial charge in [0, 0.05) is 22.7 Å². The van der Waals surface area contributed by atoms with Gasteiger partial charge in [0.25, 0.3) is 5.91 Å². The van der Waals surface area contributed by atoms with Crippen molar-refractivity contribution in [1.29, 1.82) is 5.53 Å². The van der Waals surface area contributed by atoms with E-state index in [1.54, 1.807) is 18.2 Å². The molecule has 11 heteroatoms. The van der Waals surface area contributed by atoms with Crippen molar-refractivity contribution >= 4 is 33.4 Å². The predicted molar refractivity (Wildman–Crippen MR) is 95.3 cm³/mol. The number of primary sulfonamides is 1. The molecule has 0 spiro atoms. The van der Waals surface area contributed by atoms with Gasteiger partial charge in [0.1, 0.15) is 0 Å². The van der Waals surface area contributed by atoms with Gasteiger partial charge in [-0.15, -0.1) is 5.10 Å². The van der Waals surface area contributed by atoms with Crippen molar-refractivity contribution in [3.8, 4) is 11.1 Å². The van der Waals surface area contributed by atoms with Gasteiger partial charge in [-0.1, -0.05) is 29.0 Å². The summed E-state index contributed by atoms with van der Waals surface area (Å²) >= 11 is 6.07. The monoisotopic (exact) mass is 392 g/mol. The first kappa shape index (κ1) is 18.0. The van der Waals surface area contributed by atoms with Gasteiger partial charge < -0.3 is 11.1 Å². The summed E-state index contributed by atoms with van der Waals surface area (Å²) in [6.07, 6.45) is 0. The minimum Gasteiger partial charge on any atom is -0.382 e. The fourth-order valence-electron chi connectivity index (χ4n) is 2.78. The molecule has 0 atom stereocenters. The van der Waals surface area contributed by atoms with Crippen LogP contribution in [-0.4, -0.2) is 20.2 Å². The number of fused-ring (bicyclic) bond motifs is 1. The molecule has 0 saturated carbocycles. The maximum Gasteiger partial charge on any atom is 0.251 e. The zero-order chi connectivity index (χ0) is 19.1. The Hall–Kier alpha value is -2.82. The van der Waals surface area contributed by atoms with E-state index < -0.39 is 10.0 Å². The Bertz CT molecular complexity index is 1080. The van der Waals surface area contributed by atoms with Crippen LogP contribution >= 0.6 is 11.6 Å². The van der Waals surface area contributed by atoms with Gasteiger partial charge in [0.15, 0.2) is 5.84 Å². The van der Waals surface area contributed by atoms with Gasteiger partial charge in [-0.3, -0.25) is 4.79 Å². The Kier molecular flexibility index (Phi) is 4.48. The Morgan fingerprint density at radius 1 is 1.23 bits per heavy atom. The number of rotatable bonds is 4. The molecule has 1 heterocycles. The summed E-state index contributed by atoms with van der Waals surface area (Å²) in [5.41, 5.74) is 14.7. The molecule has 0 aromatic heterocycles. The van der Waals surface area contributed by atoms with E-state index in [-0.39, 0.29) is 27.2 Å². The van der Waals surface area contributed by atoms with Crippen molar-refractivity contribution in [2.45, 2.75) is 11.4 Å². The SMILES string of the molecule is N=NN=C(N)c1c(-c2ccc3c(c2)C(=O)NC3)cc(Cl)cc1S(N)(=O)=O. The van der Waals surface area contributed by atoms with E-state index in [0.717, 1.165) is 11.6 Å². The first-order valence-corrected chi connectivity index (χ1v) is 9.13. The quantitative estimate of drug-likeness (QED) is 0.268. The lowest BCUT2D eigenvalue weighted by Crippen LogP contribution is -2.22. The molecule has 2 aromatic rings. The van der Waals surface area contributed by atoms with Gasteiger partial charge in [0.05, 0.1) is 4.90 Å². The highest BCUT2D eigenvalue weighted by Gasteiger charge is 2.25. The van der Waals surface area contributed by atoms with Crippen LogP contribution in [-0.2, 0) is 16.6 Å². The van der Waals surface area contributed by atoms with E-state index >= 15 is 0 Å². The maximum absolute atomic E-state index is 12.0. The Balaban J connectivity index is 2.36. The summed E-state index contributed by atoms with van der Waals surface area (Å²) in [4.78, 5) is 11.6. The third kappa shape index (κ3) is 3.17. The lowest BCUT2D eigenvalue weighted by molar-refractivity contribution is 0.0966. The molecule has 0 saturated heterocycles. The average Bonchev–Trinajstić information content (AvgIpc) is 2.94. The number of nitrogens with two attached hydrogens (primary N) is 2. The molecule has 1 aliphatic rings. The number of nitrogens with one attached hydrogen (secondary N) is 2. The van der Waals surface area contributed by atoms with Crippen LogP contribution < -0.4 is 16.2 Å². The molecule has 0 aliphatic carbocycles. The molecule has 134 valence electrons. The number of sulfonamides is 1. The zero-order valence-electron chi connectivity index (χ0n) is 13.2. The molecule has 0 unspecified atom stereocenters. The topological polar surface area (TPSA) is 164 Å². The number of nitrogens with zero attached hydrogens (tertiary/aromatic N) is 2. The molecule has 2 aromatic carbocycles. The van der Waals surface area contributed by atoms with Crippen LogP contribution in [0.5, 0.6) is 0 Å². The highest BCUT2D eigenvalue weighted by atomic mass is 35.5. The molecule has 26 heavy (non-hydrogen) atoms. The van der Waals surface area contributed by atoms with Crippen LogP contribution in [0.3, 0.4) is 0 Å². The van der Waals surface area contributed by atoms with Crippen molar-refractivity contribution < 1.29 is 13.2 Å². The van der Waals surface area contributed by atoms with E-state index in [9.17, 15) is 13.2 Å². The Morgan fingerprint density at radius 3 is 2.62 bits per heavy atom. The van der Waals surface area contributed by atoms with Crippen LogP contribution in [0.1, 0.15) is 21.5 Å². The number of amidine groups is 1. The fourth-order valence-corrected chi connectivity index (χ4v) is 3.86. The number of hydrogen-bond acceptors (Lipinski definition) is 5. The molecule has 1 amide bonds. The largest absolute Gasteiger partial charge is 0.382 e. The third-order valence-corrected chi connectivity index (χ3v) is 5.05. The van der Waals surface area contributed by atoms with E-state index in [0.29, 0.717) is 23.2 Å². The number of carbonyl (C=O) groups excluding carboxylic acids is 1. The summed E-state index contributed by atoms with van der Waals surface area (Å²) in [5, 5.41) is 14.3. The predicted octanol–water partition coefficient (Wildman–Crippen LogP) is 1.55. The average molecular weight is 393 g/mol. The lowest BCUT2D eigenvalue weighted by Gasteiger charge is -2.14. The second-order valence-corrected chi connectivity index (χ2v) is 7.48. The van der Waals surface area contributed by atoms with Gasteiger partial charge in [-0.2, -0.15) is 5.53 Å². The van der Waals surface area contributed by atoms with E-state index in [2.05, 4.69) is 15.6 Å². The number of benzene rings is 2. The van der Waals surface area contributed by atoms with E-state index in [1.807, 2.05) is 0 Å². The second-order valence-electron chi connectivity index (χ2n) is 5.51. The van der Waals surface area contributed by atoms with Crippen molar-refractivity contribution in [2.24, 2.45) is 21.2 Å². The number of carbonyl (C=O) groups is 1. The summed E-state index contributed by atoms with van der Waals surface area (Å²) in [5.74, 6) is -0.555. The number of halogens is 1. The molecule has 0 bridgehead atoms. The lowest BCUT2D eigenvalue weighted by atomic mass is 9.96. The normalized spacial score (nSPS) is 14.1. The minimum absolute atomic E-state index is 0.0359. The minimum atomic E-state index is -4.20. The molecular weight excluding hydrogens is 380 g/mol. The molecule has 6 N–H and O–H groups in total. The fraction of sp³-hybridized carbons (Fsp3) is 0.0667. The highest BCUT2D eigenvalue weighted by molar-refractivity contribution is 7.89. The van der Waals surface area contributed by atoms with Crippen molar-refractivity contribution in [1.82, 2.24) is 5.32 Å². The Labute approximate surface area is 153 Å². The van der Waals surface area contributed by atoms with E-state index in [4.69, 9.17) is 28.0 Å². The van der Waals surface area contributed by atoms with Crippen LogP contribution in [0.4, 0.5) is 0 Å². The van der Waals surface area contributed by atoms with Crippen LogP contribution in [0.15, 0.2) is 45.6 Å². The third-order valence-electron chi connectivity index (χ3n) is 3.89. The zero-order valence-corrected chi connectivity index (χ0v) is 14.7.